The van der Waals surface area contributed by atoms with Gasteiger partial charge in [0.05, 0.1) is 0 Å². The van der Waals surface area contributed by atoms with Gasteiger partial charge in [0.25, 0.3) is 0 Å². The van der Waals surface area contributed by atoms with Gasteiger partial charge in [-0.05, 0) is 41.5 Å². The minimum atomic E-state index is 0.626. The Balaban J connectivity index is 1.54. The Bertz CT molecular complexity index is 569. The topological polar surface area (TPSA) is 0 Å². The van der Waals surface area contributed by atoms with Gasteiger partial charge >= 0.3 is 0 Å². The van der Waals surface area contributed by atoms with E-state index in [4.69, 9.17) is 0 Å². The van der Waals surface area contributed by atoms with E-state index in [9.17, 15) is 0 Å². The maximum Gasteiger partial charge on any atom is 0.0186 e. The van der Waals surface area contributed by atoms with Crippen LogP contribution in [0.15, 0.2) is 42.5 Å². The molecule has 0 radical (unpaired) electrons. The van der Waals surface area contributed by atoms with Gasteiger partial charge < -0.3 is 0 Å². The average molecular weight is 345 g/mol. The fraction of sp³-hybridized carbons (Fsp3) is 0.500. The van der Waals surface area contributed by atoms with Crippen LogP contribution in [0, 0.1) is 5.92 Å². The highest BCUT2D eigenvalue weighted by atomic mass is 79.9. The van der Waals surface area contributed by atoms with Gasteiger partial charge in [-0.3, -0.25) is 0 Å². The lowest BCUT2D eigenvalue weighted by molar-refractivity contribution is 0.331. The van der Waals surface area contributed by atoms with Crippen molar-refractivity contribution in [1.29, 1.82) is 0 Å². The fourth-order valence-corrected chi connectivity index (χ4v) is 4.25. The van der Waals surface area contributed by atoms with Crippen LogP contribution < -0.4 is 0 Å². The highest BCUT2D eigenvalue weighted by Gasteiger charge is 2.15. The number of hydrogen-bond donors (Lipinski definition) is 0. The predicted octanol–water partition coefficient (Wildman–Crippen LogP) is 6.51. The molecule has 0 nitrogen and oxygen atoms in total. The van der Waals surface area contributed by atoms with Gasteiger partial charge in [-0.25, -0.2) is 0 Å². The summed E-state index contributed by atoms with van der Waals surface area (Å²) in [5.74, 6) is 0.996. The lowest BCUT2D eigenvalue weighted by Gasteiger charge is -2.22. The average Bonchev–Trinajstić information content (AvgIpc) is 2.54. The summed E-state index contributed by atoms with van der Waals surface area (Å²) < 4.78 is 0. The maximum absolute atomic E-state index is 3.91. The Hall–Kier alpha value is -0.820. The van der Waals surface area contributed by atoms with Crippen LogP contribution in [-0.4, -0.2) is 4.83 Å². The number of hydrogen-bond acceptors (Lipinski definition) is 0. The van der Waals surface area contributed by atoms with Crippen LogP contribution in [0.25, 0.3) is 10.8 Å². The SMILES string of the molecule is BrC(CCC1CCCCC1)Cc1ccc2ccccc2c1. The summed E-state index contributed by atoms with van der Waals surface area (Å²) in [5.41, 5.74) is 1.46. The first-order valence-electron chi connectivity index (χ1n) is 8.43. The van der Waals surface area contributed by atoms with E-state index >= 15 is 0 Å². The lowest BCUT2D eigenvalue weighted by atomic mass is 9.85. The molecule has 0 aliphatic heterocycles. The van der Waals surface area contributed by atoms with Gasteiger partial charge in [-0.1, -0.05) is 90.5 Å². The molecule has 0 spiro atoms. The standard InChI is InChI=1S/C20H25Br/c21-20(13-11-16-6-2-1-3-7-16)15-17-10-12-18-8-4-5-9-19(18)14-17/h4-5,8-10,12,14,16,20H,1-3,6-7,11,13,15H2. The van der Waals surface area contributed by atoms with Gasteiger partial charge in [0.2, 0.25) is 0 Å². The van der Waals surface area contributed by atoms with Crippen molar-refractivity contribution in [3.8, 4) is 0 Å². The molecule has 1 aliphatic carbocycles. The predicted molar refractivity (Wildman–Crippen MR) is 96.2 cm³/mol. The van der Waals surface area contributed by atoms with Crippen LogP contribution in [0.2, 0.25) is 0 Å². The van der Waals surface area contributed by atoms with Crippen molar-refractivity contribution < 1.29 is 0 Å². The molecule has 0 saturated heterocycles. The second kappa shape index (κ2) is 7.45. The maximum atomic E-state index is 3.91. The largest absolute Gasteiger partial charge is 0.0887 e. The zero-order valence-electron chi connectivity index (χ0n) is 12.7. The van der Waals surface area contributed by atoms with E-state index < -0.39 is 0 Å². The van der Waals surface area contributed by atoms with Crippen LogP contribution >= 0.6 is 15.9 Å². The molecule has 1 aliphatic rings. The Morgan fingerprint density at radius 2 is 1.71 bits per heavy atom. The second-order valence-electron chi connectivity index (χ2n) is 6.56. The van der Waals surface area contributed by atoms with E-state index in [1.54, 1.807) is 0 Å². The first-order valence-corrected chi connectivity index (χ1v) is 9.34. The molecular formula is C20H25Br. The van der Waals surface area contributed by atoms with Gasteiger partial charge in [-0.2, -0.15) is 0 Å². The molecular weight excluding hydrogens is 320 g/mol. The van der Waals surface area contributed by atoms with Gasteiger partial charge in [0.1, 0.15) is 0 Å². The van der Waals surface area contributed by atoms with Crippen LogP contribution in [-0.2, 0) is 6.42 Å². The quantitative estimate of drug-likeness (QED) is 0.542. The minimum absolute atomic E-state index is 0.626. The third-order valence-corrected chi connectivity index (χ3v) is 5.67. The molecule has 0 heterocycles. The minimum Gasteiger partial charge on any atom is -0.0887 e. The molecule has 1 unspecified atom stereocenters. The van der Waals surface area contributed by atoms with Crippen molar-refractivity contribution in [3.63, 3.8) is 0 Å². The summed E-state index contributed by atoms with van der Waals surface area (Å²) >= 11 is 3.91. The molecule has 21 heavy (non-hydrogen) atoms. The summed E-state index contributed by atoms with van der Waals surface area (Å²) in [6, 6.07) is 15.5. The molecule has 0 N–H and O–H groups in total. The van der Waals surface area contributed by atoms with E-state index in [2.05, 4.69) is 58.4 Å². The Morgan fingerprint density at radius 3 is 2.52 bits per heavy atom. The first kappa shape index (κ1) is 15.1. The molecule has 0 amide bonds. The van der Waals surface area contributed by atoms with Crippen molar-refractivity contribution in [1.82, 2.24) is 0 Å². The monoisotopic (exact) mass is 344 g/mol. The van der Waals surface area contributed by atoms with E-state index in [-0.39, 0.29) is 0 Å². The molecule has 1 fully saturated rings. The Kier molecular flexibility index (Phi) is 5.35. The van der Waals surface area contributed by atoms with Crippen LogP contribution in [0.1, 0.15) is 50.5 Å². The first-order chi connectivity index (χ1) is 10.3. The van der Waals surface area contributed by atoms with Crippen molar-refractivity contribution >= 4 is 26.7 Å². The fourth-order valence-electron chi connectivity index (χ4n) is 3.62. The Morgan fingerprint density at radius 1 is 0.952 bits per heavy atom. The van der Waals surface area contributed by atoms with E-state index in [1.165, 1.54) is 61.3 Å². The number of rotatable bonds is 5. The zero-order chi connectivity index (χ0) is 14.5. The normalized spacial score (nSPS) is 18.0. The third-order valence-electron chi connectivity index (χ3n) is 4.88. The molecule has 112 valence electrons. The van der Waals surface area contributed by atoms with E-state index in [0.29, 0.717) is 4.83 Å². The molecule has 2 aromatic rings. The van der Waals surface area contributed by atoms with Crippen LogP contribution in [0.5, 0.6) is 0 Å². The summed E-state index contributed by atoms with van der Waals surface area (Å²) in [7, 11) is 0. The van der Waals surface area contributed by atoms with E-state index in [1.807, 2.05) is 0 Å². The van der Waals surface area contributed by atoms with Gasteiger partial charge in [-0.15, -0.1) is 0 Å². The molecule has 3 rings (SSSR count). The van der Waals surface area contributed by atoms with Crippen LogP contribution in [0.4, 0.5) is 0 Å². The second-order valence-corrected chi connectivity index (χ2v) is 7.86. The molecule has 0 aromatic heterocycles. The van der Waals surface area contributed by atoms with Crippen LogP contribution in [0.3, 0.4) is 0 Å². The summed E-state index contributed by atoms with van der Waals surface area (Å²) in [4.78, 5) is 0.626. The summed E-state index contributed by atoms with van der Waals surface area (Å²) in [6.07, 6.45) is 11.2. The van der Waals surface area contributed by atoms with Crippen molar-refractivity contribution in [2.24, 2.45) is 5.92 Å². The zero-order valence-corrected chi connectivity index (χ0v) is 14.3. The smallest absolute Gasteiger partial charge is 0.0186 e. The molecule has 1 heteroatoms. The Labute approximate surface area is 137 Å². The van der Waals surface area contributed by atoms with Crippen molar-refractivity contribution in [2.75, 3.05) is 0 Å². The molecule has 1 atom stereocenters. The molecule has 2 aromatic carbocycles. The number of fused-ring (bicyclic) bond motifs is 1. The van der Waals surface area contributed by atoms with Gasteiger partial charge in [0.15, 0.2) is 0 Å². The van der Waals surface area contributed by atoms with Gasteiger partial charge in [0, 0.05) is 4.83 Å². The lowest BCUT2D eigenvalue weighted by Crippen LogP contribution is -2.10. The number of benzene rings is 2. The number of halogens is 1. The van der Waals surface area contributed by atoms with E-state index in [0.717, 1.165) is 12.3 Å². The van der Waals surface area contributed by atoms with Crippen molar-refractivity contribution in [2.45, 2.75) is 56.2 Å². The summed E-state index contributed by atoms with van der Waals surface area (Å²) in [5, 5.41) is 2.71. The highest BCUT2D eigenvalue weighted by molar-refractivity contribution is 9.09. The number of alkyl halides is 1. The molecule has 0 bridgehead atoms. The van der Waals surface area contributed by atoms with Crippen molar-refractivity contribution in [3.05, 3.63) is 48.0 Å². The highest BCUT2D eigenvalue weighted by Crippen LogP contribution is 2.29. The summed E-state index contributed by atoms with van der Waals surface area (Å²) in [6.45, 7) is 0. The third kappa shape index (κ3) is 4.32. The molecule has 1 saturated carbocycles.